The Morgan fingerprint density at radius 1 is 1.14 bits per heavy atom. The predicted octanol–water partition coefficient (Wildman–Crippen LogP) is 4.83. The smallest absolute Gasteiger partial charge is 0.239 e. The molecule has 0 bridgehead atoms. The maximum absolute atomic E-state index is 5.46. The van der Waals surface area contributed by atoms with Crippen molar-refractivity contribution >= 4 is 11.8 Å². The Labute approximate surface area is 173 Å². The molecule has 4 rings (SSSR count). The summed E-state index contributed by atoms with van der Waals surface area (Å²) in [5.74, 6) is 2.09. The fourth-order valence-electron chi connectivity index (χ4n) is 3.03. The van der Waals surface area contributed by atoms with Crippen LogP contribution < -0.4 is 0 Å². The number of hydrogen-bond acceptors (Lipinski definition) is 7. The van der Waals surface area contributed by atoms with Crippen LogP contribution in [0.2, 0.25) is 0 Å². The summed E-state index contributed by atoms with van der Waals surface area (Å²) in [5.41, 5.74) is 3.07. The zero-order valence-electron chi connectivity index (χ0n) is 16.6. The Kier molecular flexibility index (Phi) is 5.71. The molecule has 4 aromatic rings. The van der Waals surface area contributed by atoms with Crippen LogP contribution in [-0.2, 0) is 6.42 Å². The van der Waals surface area contributed by atoms with Crippen LogP contribution in [0.3, 0.4) is 0 Å². The molecule has 0 spiro atoms. The van der Waals surface area contributed by atoms with Crippen molar-refractivity contribution in [2.75, 3.05) is 0 Å². The van der Waals surface area contributed by atoms with Crippen molar-refractivity contribution in [3.63, 3.8) is 0 Å². The molecule has 0 fully saturated rings. The molecule has 1 aromatic carbocycles. The third-order valence-corrected chi connectivity index (χ3v) is 5.53. The van der Waals surface area contributed by atoms with Crippen LogP contribution in [0.5, 0.6) is 0 Å². The first-order valence-electron chi connectivity index (χ1n) is 9.58. The average Bonchev–Trinajstić information content (AvgIpc) is 3.37. The molecule has 8 heteroatoms. The zero-order chi connectivity index (χ0) is 20.2. The first kappa shape index (κ1) is 19.3. The topological polar surface area (TPSA) is 82.5 Å². The van der Waals surface area contributed by atoms with Crippen LogP contribution in [0.4, 0.5) is 0 Å². The van der Waals surface area contributed by atoms with Gasteiger partial charge in [0.05, 0.1) is 10.9 Å². The third-order valence-electron chi connectivity index (χ3n) is 4.50. The number of pyridine rings is 1. The van der Waals surface area contributed by atoms with E-state index in [4.69, 9.17) is 4.52 Å². The monoisotopic (exact) mass is 406 g/mol. The second-order valence-electron chi connectivity index (χ2n) is 6.73. The van der Waals surface area contributed by atoms with Crippen LogP contribution in [0.1, 0.15) is 42.8 Å². The summed E-state index contributed by atoms with van der Waals surface area (Å²) >= 11 is 1.55. The maximum atomic E-state index is 5.46. The second kappa shape index (κ2) is 8.57. The number of aromatic nitrogens is 6. The second-order valence-corrected chi connectivity index (χ2v) is 8.04. The van der Waals surface area contributed by atoms with Gasteiger partial charge in [-0.05, 0) is 44.0 Å². The van der Waals surface area contributed by atoms with Crippen LogP contribution in [0.15, 0.2) is 58.5 Å². The molecule has 0 saturated heterocycles. The lowest BCUT2D eigenvalue weighted by molar-refractivity contribution is 0.374. The molecule has 148 valence electrons. The minimum Gasteiger partial charge on any atom is -0.338 e. The van der Waals surface area contributed by atoms with Gasteiger partial charge in [-0.25, -0.2) is 0 Å². The molecule has 0 radical (unpaired) electrons. The summed E-state index contributed by atoms with van der Waals surface area (Å²) in [4.78, 5) is 8.75. The molecular weight excluding hydrogens is 384 g/mol. The van der Waals surface area contributed by atoms with E-state index in [1.165, 1.54) is 0 Å². The van der Waals surface area contributed by atoms with Gasteiger partial charge in [-0.1, -0.05) is 42.0 Å². The molecule has 3 aromatic heterocycles. The number of benzene rings is 1. The lowest BCUT2D eigenvalue weighted by Gasteiger charge is -2.13. The minimum atomic E-state index is -0.0539. The van der Waals surface area contributed by atoms with Gasteiger partial charge in [-0.2, -0.15) is 4.98 Å². The van der Waals surface area contributed by atoms with Crippen molar-refractivity contribution in [2.45, 2.75) is 44.0 Å². The van der Waals surface area contributed by atoms with Crippen molar-refractivity contribution in [3.8, 4) is 17.1 Å². The number of para-hydroxylation sites is 1. The highest BCUT2D eigenvalue weighted by Gasteiger charge is 2.22. The number of aryl methyl sites for hydroxylation is 2. The Hall–Kier alpha value is -3.00. The molecule has 0 N–H and O–H groups in total. The molecule has 0 aliphatic rings. The van der Waals surface area contributed by atoms with E-state index in [0.29, 0.717) is 5.89 Å². The summed E-state index contributed by atoms with van der Waals surface area (Å²) in [6.45, 7) is 6.21. The number of nitrogens with zero attached hydrogens (tertiary/aromatic N) is 6. The standard InChI is InChI=1S/C21H22N6OS/c1-4-8-18-23-20(28-26-18)15(3)29-21-25-24-19(16-10-7-12-22-13-16)27(21)17-11-6-5-9-14(17)2/h5-7,9-13,15H,4,8H2,1-3H3/t15-/m0/s1. The van der Waals surface area contributed by atoms with E-state index in [2.05, 4.69) is 55.9 Å². The predicted molar refractivity (Wildman–Crippen MR) is 112 cm³/mol. The van der Waals surface area contributed by atoms with Crippen LogP contribution >= 0.6 is 11.8 Å². The van der Waals surface area contributed by atoms with Crippen LogP contribution in [-0.4, -0.2) is 29.9 Å². The largest absolute Gasteiger partial charge is 0.338 e. The molecule has 0 unspecified atom stereocenters. The Morgan fingerprint density at radius 3 is 2.76 bits per heavy atom. The molecule has 29 heavy (non-hydrogen) atoms. The van der Waals surface area contributed by atoms with Gasteiger partial charge in [0.15, 0.2) is 16.8 Å². The SMILES string of the molecule is CCCc1noc([C@H](C)Sc2nnc(-c3cccnc3)n2-c2ccccc2C)n1. The number of thioether (sulfide) groups is 1. The Morgan fingerprint density at radius 2 is 2.00 bits per heavy atom. The lowest BCUT2D eigenvalue weighted by Crippen LogP contribution is -2.03. The van der Waals surface area contributed by atoms with E-state index in [-0.39, 0.29) is 5.25 Å². The highest BCUT2D eigenvalue weighted by molar-refractivity contribution is 7.99. The third kappa shape index (κ3) is 4.07. The van der Waals surface area contributed by atoms with Gasteiger partial charge in [0.2, 0.25) is 5.89 Å². The van der Waals surface area contributed by atoms with Crippen molar-refractivity contribution in [2.24, 2.45) is 0 Å². The summed E-state index contributed by atoms with van der Waals surface area (Å²) in [6.07, 6.45) is 5.34. The summed E-state index contributed by atoms with van der Waals surface area (Å²) < 4.78 is 7.53. The van der Waals surface area contributed by atoms with E-state index < -0.39 is 0 Å². The Balaban J connectivity index is 1.73. The van der Waals surface area contributed by atoms with Crippen molar-refractivity contribution in [1.82, 2.24) is 29.9 Å². The van der Waals surface area contributed by atoms with Crippen molar-refractivity contribution in [3.05, 3.63) is 66.1 Å². The fourth-order valence-corrected chi connectivity index (χ4v) is 3.92. The van der Waals surface area contributed by atoms with E-state index in [0.717, 1.165) is 46.5 Å². The minimum absolute atomic E-state index is 0.0539. The van der Waals surface area contributed by atoms with Gasteiger partial charge < -0.3 is 4.52 Å². The van der Waals surface area contributed by atoms with Gasteiger partial charge in [-0.15, -0.1) is 10.2 Å². The number of hydrogen-bond donors (Lipinski definition) is 0. The molecule has 0 aliphatic carbocycles. The van der Waals surface area contributed by atoms with E-state index in [1.807, 2.05) is 31.2 Å². The molecule has 1 atom stereocenters. The fraction of sp³-hybridized carbons (Fsp3) is 0.286. The van der Waals surface area contributed by atoms with Gasteiger partial charge >= 0.3 is 0 Å². The van der Waals surface area contributed by atoms with Crippen molar-refractivity contribution < 1.29 is 4.52 Å². The first-order chi connectivity index (χ1) is 14.2. The molecule has 3 heterocycles. The highest BCUT2D eigenvalue weighted by Crippen LogP contribution is 2.36. The molecular formula is C21H22N6OS. The maximum Gasteiger partial charge on any atom is 0.239 e. The molecule has 0 amide bonds. The van der Waals surface area contributed by atoms with E-state index in [9.17, 15) is 0 Å². The summed E-state index contributed by atoms with van der Waals surface area (Å²) in [7, 11) is 0. The Bertz CT molecular complexity index is 1090. The number of rotatable bonds is 7. The molecule has 0 aliphatic heterocycles. The van der Waals surface area contributed by atoms with Gasteiger partial charge in [-0.3, -0.25) is 9.55 Å². The quantitative estimate of drug-likeness (QED) is 0.407. The van der Waals surface area contributed by atoms with Crippen molar-refractivity contribution in [1.29, 1.82) is 0 Å². The summed E-state index contributed by atoms with van der Waals surface area (Å²) in [5, 5.41) is 13.7. The van der Waals surface area contributed by atoms with Crippen LogP contribution in [0, 0.1) is 6.92 Å². The zero-order valence-corrected chi connectivity index (χ0v) is 17.4. The molecule has 7 nitrogen and oxygen atoms in total. The van der Waals surface area contributed by atoms with Gasteiger partial charge in [0.25, 0.3) is 0 Å². The summed E-state index contributed by atoms with van der Waals surface area (Å²) in [6, 6.07) is 12.1. The van der Waals surface area contributed by atoms with Gasteiger partial charge in [0, 0.05) is 24.4 Å². The van der Waals surface area contributed by atoms with E-state index in [1.54, 1.807) is 24.2 Å². The highest BCUT2D eigenvalue weighted by atomic mass is 32.2. The molecule has 0 saturated carbocycles. The van der Waals surface area contributed by atoms with Crippen LogP contribution in [0.25, 0.3) is 17.1 Å². The average molecular weight is 407 g/mol. The van der Waals surface area contributed by atoms with Gasteiger partial charge in [0.1, 0.15) is 0 Å². The normalized spacial score (nSPS) is 12.2. The lowest BCUT2D eigenvalue weighted by atomic mass is 10.2. The van der Waals surface area contributed by atoms with E-state index >= 15 is 0 Å². The first-order valence-corrected chi connectivity index (χ1v) is 10.5.